The third-order valence-corrected chi connectivity index (χ3v) is 2.81. The molecular weight excluding hydrogens is 300 g/mol. The number of carboxylic acid groups (broad SMARTS) is 1. The molecule has 0 unspecified atom stereocenters. The predicted molar refractivity (Wildman–Crippen MR) is 101 cm³/mol. The molecule has 2 aliphatic carbocycles. The van der Waals surface area contributed by atoms with E-state index in [9.17, 15) is 4.79 Å². The number of aliphatic carboxylic acids is 1. The number of hydrogen-bond acceptors (Lipinski definition) is 2. The second kappa shape index (κ2) is 15.3. The summed E-state index contributed by atoms with van der Waals surface area (Å²) in [7, 11) is 0. The second-order valence-electron chi connectivity index (χ2n) is 5.16. The number of carboxylic acids is 1. The molecule has 0 fully saturated rings. The molecule has 0 spiro atoms. The number of phenolic OH excluding ortho intramolecular Hbond substituents is 1. The fraction of sp³-hybridized carbons (Fsp3) is 0.286. The zero-order chi connectivity index (χ0) is 18.0. The quantitative estimate of drug-likeness (QED) is 0.745. The monoisotopic (exact) mass is 328 g/mol. The van der Waals surface area contributed by atoms with Gasteiger partial charge in [-0.2, -0.15) is 0 Å². The maximum Gasteiger partial charge on any atom is 0.303 e. The Hall–Kier alpha value is -2.55. The lowest BCUT2D eigenvalue weighted by molar-refractivity contribution is -0.137. The van der Waals surface area contributed by atoms with Crippen molar-refractivity contribution >= 4 is 5.97 Å². The summed E-state index contributed by atoms with van der Waals surface area (Å²) in [6.45, 7) is 3.83. The van der Waals surface area contributed by atoms with Gasteiger partial charge in [0.1, 0.15) is 5.75 Å². The summed E-state index contributed by atoms with van der Waals surface area (Å²) >= 11 is 0. The Morgan fingerprint density at radius 3 is 1.50 bits per heavy atom. The first-order chi connectivity index (χ1) is 11.6. The molecule has 0 atom stereocenters. The van der Waals surface area contributed by atoms with Gasteiger partial charge in [-0.1, -0.05) is 73.2 Å². The van der Waals surface area contributed by atoms with E-state index in [1.807, 2.05) is 26.0 Å². The average Bonchev–Trinajstić information content (AvgIpc) is 3.29. The van der Waals surface area contributed by atoms with Gasteiger partial charge in [0.2, 0.25) is 0 Å². The van der Waals surface area contributed by atoms with Gasteiger partial charge in [-0.25, -0.2) is 0 Å². The van der Waals surface area contributed by atoms with E-state index in [0.29, 0.717) is 12.2 Å². The van der Waals surface area contributed by atoms with Crippen molar-refractivity contribution in [2.24, 2.45) is 0 Å². The third-order valence-electron chi connectivity index (χ3n) is 2.81. The van der Waals surface area contributed by atoms with Crippen molar-refractivity contribution < 1.29 is 15.0 Å². The molecule has 3 rings (SSSR count). The Balaban J connectivity index is 0.000000300. The summed E-state index contributed by atoms with van der Waals surface area (Å²) < 4.78 is 0. The van der Waals surface area contributed by atoms with E-state index >= 15 is 0 Å². The summed E-state index contributed by atoms with van der Waals surface area (Å²) in [6.07, 6.45) is 20.0. The van der Waals surface area contributed by atoms with Crippen molar-refractivity contribution in [1.82, 2.24) is 0 Å². The van der Waals surface area contributed by atoms with Crippen LogP contribution in [-0.2, 0) is 4.79 Å². The number of hydrogen-bond donors (Lipinski definition) is 2. The molecule has 0 aliphatic heterocycles. The van der Waals surface area contributed by atoms with Gasteiger partial charge in [0.05, 0.1) is 0 Å². The highest BCUT2D eigenvalue weighted by Gasteiger charge is 1.87. The van der Waals surface area contributed by atoms with Crippen molar-refractivity contribution in [3.05, 3.63) is 78.4 Å². The van der Waals surface area contributed by atoms with Crippen molar-refractivity contribution in [2.75, 3.05) is 0 Å². The third kappa shape index (κ3) is 15.8. The van der Waals surface area contributed by atoms with Crippen LogP contribution in [0.5, 0.6) is 5.75 Å². The molecule has 0 saturated carbocycles. The number of rotatable bonds is 2. The minimum absolute atomic E-state index is 0.292. The number of benzene rings is 1. The Morgan fingerprint density at radius 1 is 0.917 bits per heavy atom. The van der Waals surface area contributed by atoms with Gasteiger partial charge < -0.3 is 10.2 Å². The first-order valence-corrected chi connectivity index (χ1v) is 8.17. The lowest BCUT2D eigenvalue weighted by Crippen LogP contribution is -1.90. The van der Waals surface area contributed by atoms with Crippen LogP contribution in [0.2, 0.25) is 0 Å². The highest BCUT2D eigenvalue weighted by atomic mass is 16.4. The molecular formula is C21H28O3. The van der Waals surface area contributed by atoms with Gasteiger partial charge in [0.15, 0.2) is 0 Å². The van der Waals surface area contributed by atoms with E-state index in [1.165, 1.54) is 5.56 Å². The number of allylic oxidation sites excluding steroid dienone is 8. The summed E-state index contributed by atoms with van der Waals surface area (Å²) in [4.78, 5) is 9.60. The zero-order valence-corrected chi connectivity index (χ0v) is 14.6. The fourth-order valence-corrected chi connectivity index (χ4v) is 1.54. The SMILES string of the molecule is C1=CCC=C1.C1=CCC=C1.CCCC(=O)O.Cc1ccc(O)cc1. The van der Waals surface area contributed by atoms with Gasteiger partial charge in [-0.15, -0.1) is 0 Å². The van der Waals surface area contributed by atoms with Gasteiger partial charge in [-0.3, -0.25) is 4.79 Å². The minimum atomic E-state index is -0.711. The molecule has 24 heavy (non-hydrogen) atoms. The van der Waals surface area contributed by atoms with E-state index in [-0.39, 0.29) is 0 Å². The first-order valence-electron chi connectivity index (χ1n) is 8.17. The molecule has 2 aliphatic rings. The highest BCUT2D eigenvalue weighted by Crippen LogP contribution is 2.07. The molecule has 0 radical (unpaired) electrons. The lowest BCUT2D eigenvalue weighted by atomic mass is 10.2. The van der Waals surface area contributed by atoms with Crippen LogP contribution in [0, 0.1) is 6.92 Å². The Morgan fingerprint density at radius 2 is 1.33 bits per heavy atom. The molecule has 3 nitrogen and oxygen atoms in total. The number of carbonyl (C=O) groups is 1. The maximum absolute atomic E-state index is 9.60. The lowest BCUT2D eigenvalue weighted by Gasteiger charge is -1.89. The summed E-state index contributed by atoms with van der Waals surface area (Å²) in [6, 6.07) is 7.09. The van der Waals surface area contributed by atoms with Gasteiger partial charge in [-0.05, 0) is 38.3 Å². The topological polar surface area (TPSA) is 57.5 Å². The summed E-state index contributed by atoms with van der Waals surface area (Å²) in [5, 5.41) is 16.7. The maximum atomic E-state index is 9.60. The van der Waals surface area contributed by atoms with E-state index < -0.39 is 5.97 Å². The summed E-state index contributed by atoms with van der Waals surface area (Å²) in [5.74, 6) is -0.381. The molecule has 3 heteroatoms. The van der Waals surface area contributed by atoms with Crippen LogP contribution in [0.3, 0.4) is 0 Å². The van der Waals surface area contributed by atoms with Crippen molar-refractivity contribution in [3.8, 4) is 5.75 Å². The molecule has 1 aromatic carbocycles. The second-order valence-corrected chi connectivity index (χ2v) is 5.16. The molecule has 0 heterocycles. The van der Waals surface area contributed by atoms with E-state index in [0.717, 1.165) is 19.3 Å². The number of aromatic hydroxyl groups is 1. The van der Waals surface area contributed by atoms with Crippen LogP contribution < -0.4 is 0 Å². The molecule has 0 bridgehead atoms. The van der Waals surface area contributed by atoms with Gasteiger partial charge >= 0.3 is 5.97 Å². The molecule has 130 valence electrons. The van der Waals surface area contributed by atoms with Crippen LogP contribution in [0.4, 0.5) is 0 Å². The van der Waals surface area contributed by atoms with Gasteiger partial charge in [0, 0.05) is 6.42 Å². The molecule has 1 aromatic rings. The normalized spacial score (nSPS) is 12.4. The van der Waals surface area contributed by atoms with Crippen molar-refractivity contribution in [2.45, 2.75) is 39.5 Å². The Bertz CT molecular complexity index is 486. The smallest absolute Gasteiger partial charge is 0.303 e. The highest BCUT2D eigenvalue weighted by molar-refractivity contribution is 5.66. The zero-order valence-electron chi connectivity index (χ0n) is 14.6. The standard InChI is InChI=1S/C7H8O.2C5H6.C4H8O2/c1-6-2-4-7(8)5-3-6;2*1-2-4-5-3-1;1-2-3-4(5)6/h2-5,8H,1H3;2*1-4H,5H2;2-3H2,1H3,(H,5,6). The van der Waals surface area contributed by atoms with Crippen molar-refractivity contribution in [3.63, 3.8) is 0 Å². The van der Waals surface area contributed by atoms with Crippen LogP contribution >= 0.6 is 0 Å². The Labute approximate surface area is 145 Å². The average molecular weight is 328 g/mol. The summed E-state index contributed by atoms with van der Waals surface area (Å²) in [5.41, 5.74) is 1.17. The molecule has 0 saturated heterocycles. The predicted octanol–water partition coefficient (Wildman–Crippen LogP) is 5.58. The van der Waals surface area contributed by atoms with E-state index in [1.54, 1.807) is 12.1 Å². The van der Waals surface area contributed by atoms with Crippen LogP contribution in [0.25, 0.3) is 0 Å². The van der Waals surface area contributed by atoms with Crippen LogP contribution in [0.1, 0.15) is 38.2 Å². The van der Waals surface area contributed by atoms with Crippen molar-refractivity contribution in [1.29, 1.82) is 0 Å². The van der Waals surface area contributed by atoms with E-state index in [4.69, 9.17) is 10.2 Å². The van der Waals surface area contributed by atoms with E-state index in [2.05, 4.69) is 48.6 Å². The van der Waals surface area contributed by atoms with Crippen LogP contribution in [0.15, 0.2) is 72.9 Å². The van der Waals surface area contributed by atoms with Gasteiger partial charge in [0.25, 0.3) is 0 Å². The number of phenols is 1. The molecule has 0 amide bonds. The number of aryl methyl sites for hydroxylation is 1. The largest absolute Gasteiger partial charge is 0.508 e. The minimum Gasteiger partial charge on any atom is -0.508 e. The Kier molecular flexibility index (Phi) is 13.7. The van der Waals surface area contributed by atoms with Crippen LogP contribution in [-0.4, -0.2) is 16.2 Å². The fourth-order valence-electron chi connectivity index (χ4n) is 1.54. The molecule has 0 aromatic heterocycles. The first kappa shape index (κ1) is 21.4. The molecule has 2 N–H and O–H groups in total.